The van der Waals surface area contributed by atoms with Crippen LogP contribution in [0, 0.1) is 13.8 Å². The van der Waals surface area contributed by atoms with Gasteiger partial charge in [-0.2, -0.15) is 4.98 Å². The van der Waals surface area contributed by atoms with Gasteiger partial charge in [0.15, 0.2) is 17.4 Å². The van der Waals surface area contributed by atoms with Crippen molar-refractivity contribution in [2.75, 3.05) is 5.75 Å². The number of carbonyl (C=O) groups excluding carboxylic acids is 1. The molecule has 0 spiro atoms. The van der Waals surface area contributed by atoms with Gasteiger partial charge in [-0.25, -0.2) is 0 Å². The Hall–Kier alpha value is -2.28. The maximum Gasteiger partial charge on any atom is 0.209 e. The lowest BCUT2D eigenvalue weighted by Crippen LogP contribution is -2.06. The van der Waals surface area contributed by atoms with Gasteiger partial charge in [-0.3, -0.25) is 9.89 Å². The van der Waals surface area contributed by atoms with Crippen LogP contribution in [0.15, 0.2) is 34.0 Å². The summed E-state index contributed by atoms with van der Waals surface area (Å²) < 4.78 is 7.40. The lowest BCUT2D eigenvalue weighted by atomic mass is 10.2. The molecule has 0 aliphatic carbocycles. The van der Waals surface area contributed by atoms with Gasteiger partial charge >= 0.3 is 0 Å². The number of rotatable bonds is 6. The molecule has 0 saturated heterocycles. The molecule has 6 nitrogen and oxygen atoms in total. The maximum atomic E-state index is 12.4. The van der Waals surface area contributed by atoms with Crippen molar-refractivity contribution in [3.63, 3.8) is 0 Å². The second kappa shape index (κ2) is 6.45. The predicted octanol–water partition coefficient (Wildman–Crippen LogP) is 3.48. The van der Waals surface area contributed by atoms with Crippen LogP contribution in [-0.4, -0.2) is 31.3 Å². The topological polar surface area (TPSA) is 76.7 Å². The van der Waals surface area contributed by atoms with Crippen LogP contribution in [0.5, 0.6) is 0 Å². The number of aromatic amines is 1. The summed E-state index contributed by atoms with van der Waals surface area (Å²) in [5, 5.41) is 7.46. The fourth-order valence-corrected chi connectivity index (χ4v) is 3.29. The SMILES string of the molecule is CCn1c(C)cc(C(=O)CSc2n[nH]c(-c3ccco3)n2)c1C. The van der Waals surface area contributed by atoms with E-state index in [4.69, 9.17) is 4.42 Å². The van der Waals surface area contributed by atoms with Crippen molar-refractivity contribution in [2.24, 2.45) is 0 Å². The highest BCUT2D eigenvalue weighted by Gasteiger charge is 2.16. The van der Waals surface area contributed by atoms with Crippen LogP contribution < -0.4 is 0 Å². The summed E-state index contributed by atoms with van der Waals surface area (Å²) in [4.78, 5) is 16.8. The summed E-state index contributed by atoms with van der Waals surface area (Å²) in [5.74, 6) is 1.59. The Kier molecular flexibility index (Phi) is 4.38. The van der Waals surface area contributed by atoms with Gasteiger partial charge in [0.2, 0.25) is 5.16 Å². The molecule has 0 bridgehead atoms. The molecule has 7 heteroatoms. The summed E-state index contributed by atoms with van der Waals surface area (Å²) in [6.45, 7) is 6.94. The first-order valence-corrected chi connectivity index (χ1v) is 8.37. The van der Waals surface area contributed by atoms with E-state index in [1.165, 1.54) is 11.8 Å². The van der Waals surface area contributed by atoms with E-state index in [-0.39, 0.29) is 5.78 Å². The van der Waals surface area contributed by atoms with Crippen LogP contribution in [-0.2, 0) is 6.54 Å². The standard InChI is InChI=1S/C16H18N4O2S/c1-4-20-10(2)8-12(11(20)3)13(21)9-23-16-17-15(18-19-16)14-6-5-7-22-14/h5-8H,4,9H2,1-3H3,(H,17,18,19). The number of hydrogen-bond donors (Lipinski definition) is 1. The molecule has 1 N–H and O–H groups in total. The molecular weight excluding hydrogens is 312 g/mol. The average molecular weight is 330 g/mol. The number of hydrogen-bond acceptors (Lipinski definition) is 5. The zero-order chi connectivity index (χ0) is 16.4. The monoisotopic (exact) mass is 330 g/mol. The van der Waals surface area contributed by atoms with Gasteiger partial charge in [0, 0.05) is 23.5 Å². The van der Waals surface area contributed by atoms with E-state index in [1.807, 2.05) is 19.9 Å². The van der Waals surface area contributed by atoms with E-state index in [2.05, 4.69) is 26.7 Å². The molecule has 3 rings (SSSR count). The molecule has 0 aliphatic rings. The molecule has 3 aromatic heterocycles. The number of thioether (sulfide) groups is 1. The molecular formula is C16H18N4O2S. The van der Waals surface area contributed by atoms with Crippen LogP contribution in [0.2, 0.25) is 0 Å². The first kappa shape index (κ1) is 15.6. The van der Waals surface area contributed by atoms with Gasteiger partial charge in [-0.15, -0.1) is 5.10 Å². The minimum Gasteiger partial charge on any atom is -0.461 e. The van der Waals surface area contributed by atoms with Gasteiger partial charge in [0.05, 0.1) is 12.0 Å². The van der Waals surface area contributed by atoms with Crippen molar-refractivity contribution in [1.82, 2.24) is 19.7 Å². The number of Topliss-reactive ketones (excluding diaryl/α,β-unsaturated/α-hetero) is 1. The highest BCUT2D eigenvalue weighted by Crippen LogP contribution is 2.22. The Morgan fingerprint density at radius 1 is 1.43 bits per heavy atom. The average Bonchev–Trinajstić information content (AvgIpc) is 3.24. The number of nitrogens with one attached hydrogen (secondary N) is 1. The van der Waals surface area contributed by atoms with E-state index >= 15 is 0 Å². The van der Waals surface area contributed by atoms with Gasteiger partial charge < -0.3 is 8.98 Å². The van der Waals surface area contributed by atoms with Gasteiger partial charge in [-0.05, 0) is 39.0 Å². The van der Waals surface area contributed by atoms with Gasteiger partial charge in [0.25, 0.3) is 0 Å². The number of nitrogens with zero attached hydrogens (tertiary/aromatic N) is 3. The summed E-state index contributed by atoms with van der Waals surface area (Å²) >= 11 is 1.32. The molecule has 0 radical (unpaired) electrons. The van der Waals surface area contributed by atoms with Crippen LogP contribution in [0.25, 0.3) is 11.6 Å². The number of ketones is 1. The van der Waals surface area contributed by atoms with E-state index in [1.54, 1.807) is 18.4 Å². The zero-order valence-corrected chi connectivity index (χ0v) is 14.1. The predicted molar refractivity (Wildman–Crippen MR) is 88.7 cm³/mol. The zero-order valence-electron chi connectivity index (χ0n) is 13.3. The Bertz CT molecular complexity index is 817. The lowest BCUT2D eigenvalue weighted by Gasteiger charge is -2.05. The van der Waals surface area contributed by atoms with Crippen LogP contribution >= 0.6 is 11.8 Å². The highest BCUT2D eigenvalue weighted by atomic mass is 32.2. The Labute approximate surface area is 138 Å². The number of H-pyrrole nitrogens is 1. The van der Waals surface area contributed by atoms with Crippen molar-refractivity contribution in [2.45, 2.75) is 32.5 Å². The van der Waals surface area contributed by atoms with Crippen molar-refractivity contribution >= 4 is 17.5 Å². The summed E-state index contributed by atoms with van der Waals surface area (Å²) in [5.41, 5.74) is 2.90. The van der Waals surface area contributed by atoms with Crippen molar-refractivity contribution < 1.29 is 9.21 Å². The third-order valence-corrected chi connectivity index (χ3v) is 4.59. The van der Waals surface area contributed by atoms with Crippen LogP contribution in [0.3, 0.4) is 0 Å². The first-order valence-electron chi connectivity index (χ1n) is 7.39. The summed E-state index contributed by atoms with van der Waals surface area (Å²) in [7, 11) is 0. The van der Waals surface area contributed by atoms with Crippen molar-refractivity contribution in [3.05, 3.63) is 41.4 Å². The lowest BCUT2D eigenvalue weighted by molar-refractivity contribution is 0.102. The fraction of sp³-hybridized carbons (Fsp3) is 0.312. The number of carbonyl (C=O) groups is 1. The van der Waals surface area contributed by atoms with Crippen LogP contribution in [0.4, 0.5) is 0 Å². The molecule has 0 fully saturated rings. The molecule has 0 saturated carbocycles. The molecule has 23 heavy (non-hydrogen) atoms. The molecule has 3 aromatic rings. The summed E-state index contributed by atoms with van der Waals surface area (Å²) in [6, 6.07) is 5.55. The number of aromatic nitrogens is 4. The molecule has 3 heterocycles. The molecule has 0 aliphatic heterocycles. The Morgan fingerprint density at radius 2 is 2.26 bits per heavy atom. The van der Waals surface area contributed by atoms with E-state index < -0.39 is 0 Å². The Balaban J connectivity index is 1.68. The second-order valence-corrected chi connectivity index (χ2v) is 6.13. The molecule has 0 atom stereocenters. The molecule has 0 unspecified atom stereocenters. The quantitative estimate of drug-likeness (QED) is 0.553. The fourth-order valence-electron chi connectivity index (χ4n) is 2.61. The van der Waals surface area contributed by atoms with Gasteiger partial charge in [-0.1, -0.05) is 11.8 Å². The van der Waals surface area contributed by atoms with E-state index in [9.17, 15) is 4.79 Å². The summed E-state index contributed by atoms with van der Waals surface area (Å²) in [6.07, 6.45) is 1.58. The van der Waals surface area contributed by atoms with Crippen molar-refractivity contribution in [3.8, 4) is 11.6 Å². The highest BCUT2D eigenvalue weighted by molar-refractivity contribution is 7.99. The van der Waals surface area contributed by atoms with E-state index in [0.29, 0.717) is 22.5 Å². The third kappa shape index (κ3) is 3.10. The minimum absolute atomic E-state index is 0.0900. The molecule has 120 valence electrons. The smallest absolute Gasteiger partial charge is 0.209 e. The minimum atomic E-state index is 0.0900. The molecule has 0 amide bonds. The maximum absolute atomic E-state index is 12.4. The first-order chi connectivity index (χ1) is 11.1. The Morgan fingerprint density at radius 3 is 2.91 bits per heavy atom. The third-order valence-electron chi connectivity index (χ3n) is 3.74. The normalized spacial score (nSPS) is 11.1. The van der Waals surface area contributed by atoms with Gasteiger partial charge in [0.1, 0.15) is 0 Å². The number of aryl methyl sites for hydroxylation is 1. The van der Waals surface area contributed by atoms with Crippen molar-refractivity contribution in [1.29, 1.82) is 0 Å². The largest absolute Gasteiger partial charge is 0.461 e. The van der Waals surface area contributed by atoms with Crippen LogP contribution in [0.1, 0.15) is 28.7 Å². The second-order valence-electron chi connectivity index (χ2n) is 5.18. The number of furan rings is 1. The van der Waals surface area contributed by atoms with E-state index in [0.717, 1.165) is 23.5 Å². The molecule has 0 aromatic carbocycles.